The van der Waals surface area contributed by atoms with E-state index >= 15 is 0 Å². The quantitative estimate of drug-likeness (QED) is 0.855. The average molecular weight is 338 g/mol. The lowest BCUT2D eigenvalue weighted by Gasteiger charge is -2.24. The van der Waals surface area contributed by atoms with Crippen LogP contribution in [0.3, 0.4) is 0 Å². The predicted octanol–water partition coefficient (Wildman–Crippen LogP) is 1.88. The van der Waals surface area contributed by atoms with Crippen molar-refractivity contribution < 1.29 is 23.8 Å². The summed E-state index contributed by atoms with van der Waals surface area (Å²) in [5, 5.41) is 11.4. The molecule has 0 aromatic heterocycles. The molecule has 1 amide bonds. The van der Waals surface area contributed by atoms with E-state index in [1.165, 1.54) is 6.07 Å². The first-order valence-corrected chi connectivity index (χ1v) is 7.51. The summed E-state index contributed by atoms with van der Waals surface area (Å²) in [4.78, 5) is 23.9. The summed E-state index contributed by atoms with van der Waals surface area (Å²) in [6.45, 7) is -0.446. The highest BCUT2D eigenvalue weighted by atomic mass is 16.6. The third kappa shape index (κ3) is 4.06. The lowest BCUT2D eigenvalue weighted by molar-refractivity contribution is -0.156. The molecule has 0 spiro atoms. The number of nitrogens with zero attached hydrogens (tertiary/aromatic N) is 1. The van der Waals surface area contributed by atoms with Crippen molar-refractivity contribution in [3.63, 3.8) is 0 Å². The van der Waals surface area contributed by atoms with Crippen molar-refractivity contribution in [2.24, 2.45) is 0 Å². The topological polar surface area (TPSA) is 97.7 Å². The van der Waals surface area contributed by atoms with Gasteiger partial charge in [0.25, 0.3) is 5.91 Å². The Bertz CT molecular complexity index is 843. The number of hydrogen-bond donors (Lipinski definition) is 1. The van der Waals surface area contributed by atoms with E-state index in [1.807, 2.05) is 6.07 Å². The Morgan fingerprint density at radius 1 is 1.20 bits per heavy atom. The monoisotopic (exact) mass is 338 g/mol. The first-order chi connectivity index (χ1) is 12.2. The number of nitrogens with one attached hydrogen (secondary N) is 1. The summed E-state index contributed by atoms with van der Waals surface area (Å²) >= 11 is 0. The van der Waals surface area contributed by atoms with E-state index in [9.17, 15) is 9.59 Å². The van der Waals surface area contributed by atoms with E-state index < -0.39 is 24.6 Å². The highest BCUT2D eigenvalue weighted by molar-refractivity contribution is 5.93. The molecule has 126 valence electrons. The first-order valence-electron chi connectivity index (χ1n) is 7.51. The molecule has 0 radical (unpaired) electrons. The Morgan fingerprint density at radius 3 is 2.80 bits per heavy atom. The van der Waals surface area contributed by atoms with E-state index in [1.54, 1.807) is 42.5 Å². The molecule has 3 rings (SSSR count). The molecule has 1 N–H and O–H groups in total. The minimum absolute atomic E-state index is 0.0156. The molecule has 1 aliphatic heterocycles. The Hall–Kier alpha value is -3.53. The standard InChI is InChI=1S/C18H14N2O5/c19-9-12-4-3-5-13(8-12)20-17(21)11-24-18(22)16-10-23-14-6-1-2-7-15(14)25-16/h1-8,16H,10-11H2,(H,20,21)/t16-/m1/s1. The summed E-state index contributed by atoms with van der Waals surface area (Å²) in [5.41, 5.74) is 0.868. The minimum atomic E-state index is -0.926. The molecule has 0 fully saturated rings. The number of ether oxygens (including phenoxy) is 3. The fourth-order valence-corrected chi connectivity index (χ4v) is 2.23. The van der Waals surface area contributed by atoms with Gasteiger partial charge in [0.1, 0.15) is 6.61 Å². The van der Waals surface area contributed by atoms with Gasteiger partial charge >= 0.3 is 5.97 Å². The van der Waals surface area contributed by atoms with Crippen LogP contribution >= 0.6 is 0 Å². The van der Waals surface area contributed by atoms with Crippen LogP contribution < -0.4 is 14.8 Å². The fourth-order valence-electron chi connectivity index (χ4n) is 2.23. The van der Waals surface area contributed by atoms with Crippen LogP contribution in [0.1, 0.15) is 5.56 Å². The summed E-state index contributed by atoms with van der Waals surface area (Å²) in [5.74, 6) is -0.189. The number of hydrogen-bond acceptors (Lipinski definition) is 6. The zero-order chi connectivity index (χ0) is 17.6. The van der Waals surface area contributed by atoms with Gasteiger partial charge < -0.3 is 19.5 Å². The number of benzene rings is 2. The molecule has 0 unspecified atom stereocenters. The third-order valence-corrected chi connectivity index (χ3v) is 3.39. The Kier molecular flexibility index (Phi) is 4.81. The maximum absolute atomic E-state index is 12.0. The molecule has 7 nitrogen and oxygen atoms in total. The van der Waals surface area contributed by atoms with Crippen LogP contribution in [0, 0.1) is 11.3 Å². The van der Waals surface area contributed by atoms with Crippen LogP contribution in [0.2, 0.25) is 0 Å². The van der Waals surface area contributed by atoms with Crippen molar-refractivity contribution in [3.8, 4) is 17.6 Å². The number of esters is 1. The SMILES string of the molecule is N#Cc1cccc(NC(=O)COC(=O)[C@H]2COc3ccccc3O2)c1. The molecule has 0 saturated heterocycles. The number of carbonyl (C=O) groups excluding carboxylic acids is 2. The van der Waals surface area contributed by atoms with Gasteiger partial charge in [-0.2, -0.15) is 5.26 Å². The largest absolute Gasteiger partial charge is 0.485 e. The van der Waals surface area contributed by atoms with Crippen molar-refractivity contribution in [1.82, 2.24) is 0 Å². The average Bonchev–Trinajstić information content (AvgIpc) is 2.65. The zero-order valence-corrected chi connectivity index (χ0v) is 13.1. The van der Waals surface area contributed by atoms with Gasteiger partial charge in [-0.25, -0.2) is 4.79 Å². The number of nitriles is 1. The van der Waals surface area contributed by atoms with Gasteiger partial charge in [0, 0.05) is 5.69 Å². The smallest absolute Gasteiger partial charge is 0.351 e. The van der Waals surface area contributed by atoms with E-state index in [2.05, 4.69) is 5.32 Å². The number of anilines is 1. The van der Waals surface area contributed by atoms with Gasteiger partial charge in [-0.05, 0) is 30.3 Å². The van der Waals surface area contributed by atoms with Gasteiger partial charge in [-0.3, -0.25) is 4.79 Å². The molecule has 0 bridgehead atoms. The molecule has 7 heteroatoms. The number of para-hydroxylation sites is 2. The van der Waals surface area contributed by atoms with Crippen molar-refractivity contribution in [2.45, 2.75) is 6.10 Å². The Balaban J connectivity index is 1.51. The molecule has 1 aliphatic rings. The molecule has 2 aromatic rings. The van der Waals surface area contributed by atoms with Gasteiger partial charge in [-0.1, -0.05) is 18.2 Å². The highest BCUT2D eigenvalue weighted by Gasteiger charge is 2.29. The van der Waals surface area contributed by atoms with Gasteiger partial charge in [0.2, 0.25) is 6.10 Å². The second kappa shape index (κ2) is 7.36. The van der Waals surface area contributed by atoms with Crippen molar-refractivity contribution >= 4 is 17.6 Å². The number of fused-ring (bicyclic) bond motifs is 1. The van der Waals surface area contributed by atoms with Crippen LogP contribution in [0.4, 0.5) is 5.69 Å². The summed E-state index contributed by atoms with van der Waals surface area (Å²) in [6.07, 6.45) is -0.926. The van der Waals surface area contributed by atoms with Crippen LogP contribution in [-0.2, 0) is 14.3 Å². The number of carbonyl (C=O) groups is 2. The normalized spacial score (nSPS) is 14.9. The molecule has 1 heterocycles. The Labute approximate surface area is 143 Å². The van der Waals surface area contributed by atoms with E-state index in [4.69, 9.17) is 19.5 Å². The maximum Gasteiger partial charge on any atom is 0.351 e. The second-order valence-electron chi connectivity index (χ2n) is 5.21. The first kappa shape index (κ1) is 16.3. The molecular formula is C18H14N2O5. The molecule has 0 saturated carbocycles. The van der Waals surface area contributed by atoms with E-state index in [0.717, 1.165) is 0 Å². The molecule has 1 atom stereocenters. The van der Waals surface area contributed by atoms with Crippen molar-refractivity contribution in [1.29, 1.82) is 5.26 Å². The van der Waals surface area contributed by atoms with E-state index in [-0.39, 0.29) is 6.61 Å². The molecule has 0 aliphatic carbocycles. The predicted molar refractivity (Wildman–Crippen MR) is 87.1 cm³/mol. The van der Waals surface area contributed by atoms with Crippen molar-refractivity contribution in [2.75, 3.05) is 18.5 Å². The number of rotatable bonds is 4. The van der Waals surface area contributed by atoms with Gasteiger partial charge in [0.15, 0.2) is 18.1 Å². The Morgan fingerprint density at radius 2 is 2.00 bits per heavy atom. The van der Waals surface area contributed by atoms with Crippen LogP contribution in [0.15, 0.2) is 48.5 Å². The maximum atomic E-state index is 12.0. The summed E-state index contributed by atoms with van der Waals surface area (Å²) < 4.78 is 15.9. The lowest BCUT2D eigenvalue weighted by Crippen LogP contribution is -2.39. The van der Waals surface area contributed by atoms with Crippen LogP contribution in [-0.4, -0.2) is 31.2 Å². The molecule has 25 heavy (non-hydrogen) atoms. The molecule has 2 aromatic carbocycles. The zero-order valence-electron chi connectivity index (χ0n) is 13.1. The van der Waals surface area contributed by atoms with E-state index in [0.29, 0.717) is 22.7 Å². The highest BCUT2D eigenvalue weighted by Crippen LogP contribution is 2.31. The van der Waals surface area contributed by atoms with Crippen LogP contribution in [0.5, 0.6) is 11.5 Å². The van der Waals surface area contributed by atoms with Crippen LogP contribution in [0.25, 0.3) is 0 Å². The van der Waals surface area contributed by atoms with Gasteiger partial charge in [-0.15, -0.1) is 0 Å². The third-order valence-electron chi connectivity index (χ3n) is 3.39. The minimum Gasteiger partial charge on any atom is -0.485 e. The van der Waals surface area contributed by atoms with Crippen molar-refractivity contribution in [3.05, 3.63) is 54.1 Å². The summed E-state index contributed by atoms with van der Waals surface area (Å²) in [6, 6.07) is 15.4. The van der Waals surface area contributed by atoms with Gasteiger partial charge in [0.05, 0.1) is 11.6 Å². The molecular weight excluding hydrogens is 324 g/mol. The summed E-state index contributed by atoms with van der Waals surface area (Å²) in [7, 11) is 0. The number of amides is 1. The lowest BCUT2D eigenvalue weighted by atomic mass is 10.2. The second-order valence-corrected chi connectivity index (χ2v) is 5.21. The fraction of sp³-hybridized carbons (Fsp3) is 0.167.